The van der Waals surface area contributed by atoms with Gasteiger partial charge >= 0.3 is 5.69 Å². The van der Waals surface area contributed by atoms with Gasteiger partial charge in [0.05, 0.1) is 12.0 Å². The summed E-state index contributed by atoms with van der Waals surface area (Å²) in [5.41, 5.74) is 0.481. The minimum absolute atomic E-state index is 0.142. The number of nitro groups is 1. The molecule has 0 aliphatic carbocycles. The third-order valence-electron chi connectivity index (χ3n) is 4.51. The van der Waals surface area contributed by atoms with Crippen molar-refractivity contribution in [2.24, 2.45) is 0 Å². The van der Waals surface area contributed by atoms with Crippen LogP contribution in [0.5, 0.6) is 5.75 Å². The Morgan fingerprint density at radius 3 is 2.74 bits per heavy atom. The Morgan fingerprint density at radius 2 is 2.00 bits per heavy atom. The Balaban J connectivity index is 1.72. The summed E-state index contributed by atoms with van der Waals surface area (Å²) in [5.74, 6) is 1.01. The number of nitrogens with one attached hydrogen (secondary N) is 2. The molecule has 0 amide bonds. The van der Waals surface area contributed by atoms with Gasteiger partial charge in [0.25, 0.3) is 0 Å². The van der Waals surface area contributed by atoms with Gasteiger partial charge in [0.15, 0.2) is 0 Å². The van der Waals surface area contributed by atoms with Gasteiger partial charge in [-0.05, 0) is 38.1 Å². The molecular weight excluding hydrogens is 348 g/mol. The standard InChI is InChI=1S/C18H24N6O3/c1-27-15-7-5-6-14(12-15)22-18-16(24(25)26)17(20-13-21-18)19-8-11-23-9-3-2-4-10-23/h5-7,12-13H,2-4,8-11H2,1H3,(H2,19,20,21,22). The first-order valence-electron chi connectivity index (χ1n) is 9.04. The molecule has 1 aliphatic heterocycles. The number of piperidine rings is 1. The van der Waals surface area contributed by atoms with Crippen molar-refractivity contribution < 1.29 is 9.66 Å². The van der Waals surface area contributed by atoms with Crippen LogP contribution in [-0.4, -0.2) is 53.1 Å². The van der Waals surface area contributed by atoms with Crippen molar-refractivity contribution in [3.05, 3.63) is 40.7 Å². The van der Waals surface area contributed by atoms with Gasteiger partial charge in [-0.1, -0.05) is 12.5 Å². The first kappa shape index (κ1) is 18.8. The summed E-state index contributed by atoms with van der Waals surface area (Å²) < 4.78 is 5.18. The Hall–Kier alpha value is -2.94. The predicted molar refractivity (Wildman–Crippen MR) is 104 cm³/mol. The molecule has 2 aromatic rings. The fourth-order valence-corrected chi connectivity index (χ4v) is 3.13. The quantitative estimate of drug-likeness (QED) is 0.538. The van der Waals surface area contributed by atoms with Crippen LogP contribution in [0.15, 0.2) is 30.6 Å². The fourth-order valence-electron chi connectivity index (χ4n) is 3.13. The van der Waals surface area contributed by atoms with Crippen molar-refractivity contribution >= 4 is 23.0 Å². The first-order valence-corrected chi connectivity index (χ1v) is 9.04. The highest BCUT2D eigenvalue weighted by Gasteiger charge is 2.23. The second kappa shape index (κ2) is 9.13. The summed E-state index contributed by atoms with van der Waals surface area (Å²) in [5, 5.41) is 17.7. The lowest BCUT2D eigenvalue weighted by atomic mass is 10.1. The summed E-state index contributed by atoms with van der Waals surface area (Å²) in [6.45, 7) is 3.59. The highest BCUT2D eigenvalue weighted by Crippen LogP contribution is 2.31. The molecule has 2 heterocycles. The second-order valence-corrected chi connectivity index (χ2v) is 6.36. The molecule has 9 heteroatoms. The van der Waals surface area contributed by atoms with Gasteiger partial charge in [0.1, 0.15) is 12.1 Å². The molecule has 0 spiro atoms. The number of likely N-dealkylation sites (tertiary alicyclic amines) is 1. The highest BCUT2D eigenvalue weighted by molar-refractivity contribution is 5.74. The minimum Gasteiger partial charge on any atom is -0.497 e. The molecule has 0 unspecified atom stereocenters. The lowest BCUT2D eigenvalue weighted by molar-refractivity contribution is -0.383. The monoisotopic (exact) mass is 372 g/mol. The van der Waals surface area contributed by atoms with E-state index in [9.17, 15) is 10.1 Å². The molecule has 1 aliphatic rings. The average molecular weight is 372 g/mol. The molecule has 1 fully saturated rings. The van der Waals surface area contributed by atoms with Crippen molar-refractivity contribution in [1.82, 2.24) is 14.9 Å². The summed E-state index contributed by atoms with van der Waals surface area (Å²) in [7, 11) is 1.57. The van der Waals surface area contributed by atoms with Gasteiger partial charge in [-0.2, -0.15) is 0 Å². The van der Waals surface area contributed by atoms with E-state index in [2.05, 4.69) is 25.5 Å². The maximum absolute atomic E-state index is 11.6. The first-order chi connectivity index (χ1) is 13.2. The van der Waals surface area contributed by atoms with Gasteiger partial charge in [-0.15, -0.1) is 0 Å². The van der Waals surface area contributed by atoms with Gasteiger partial charge in [0, 0.05) is 24.8 Å². The zero-order chi connectivity index (χ0) is 19.1. The van der Waals surface area contributed by atoms with Crippen LogP contribution in [-0.2, 0) is 0 Å². The van der Waals surface area contributed by atoms with Crippen LogP contribution in [0, 0.1) is 10.1 Å². The molecule has 1 saturated heterocycles. The third-order valence-corrected chi connectivity index (χ3v) is 4.51. The van der Waals surface area contributed by atoms with Crippen molar-refractivity contribution in [1.29, 1.82) is 0 Å². The molecule has 0 bridgehead atoms. The molecule has 2 N–H and O–H groups in total. The summed E-state index contributed by atoms with van der Waals surface area (Å²) in [6.07, 6.45) is 5.02. The van der Waals surface area contributed by atoms with Gasteiger partial charge in [-0.3, -0.25) is 10.1 Å². The van der Waals surface area contributed by atoms with Crippen LogP contribution in [0.2, 0.25) is 0 Å². The number of benzene rings is 1. The van der Waals surface area contributed by atoms with E-state index < -0.39 is 4.92 Å². The maximum Gasteiger partial charge on any atom is 0.353 e. The Bertz CT molecular complexity index is 779. The zero-order valence-electron chi connectivity index (χ0n) is 15.4. The molecule has 1 aromatic heterocycles. The van der Waals surface area contributed by atoms with Crippen molar-refractivity contribution in [2.45, 2.75) is 19.3 Å². The smallest absolute Gasteiger partial charge is 0.353 e. The topological polar surface area (TPSA) is 105 Å². The molecule has 27 heavy (non-hydrogen) atoms. The SMILES string of the molecule is COc1cccc(Nc2ncnc(NCCN3CCCCC3)c2[N+](=O)[O-])c1. The normalized spacial score (nSPS) is 14.6. The number of ether oxygens (including phenoxy) is 1. The minimum atomic E-state index is -0.467. The number of aromatic nitrogens is 2. The number of hydrogen-bond donors (Lipinski definition) is 2. The van der Waals surface area contributed by atoms with Crippen molar-refractivity contribution in [2.75, 3.05) is 43.9 Å². The van der Waals surface area contributed by atoms with E-state index in [1.54, 1.807) is 31.4 Å². The molecule has 0 radical (unpaired) electrons. The molecule has 0 saturated carbocycles. The number of hydrogen-bond acceptors (Lipinski definition) is 8. The zero-order valence-corrected chi connectivity index (χ0v) is 15.4. The maximum atomic E-state index is 11.6. The second-order valence-electron chi connectivity index (χ2n) is 6.36. The Kier molecular flexibility index (Phi) is 6.37. The van der Waals surface area contributed by atoms with Crippen LogP contribution in [0.3, 0.4) is 0 Å². The summed E-state index contributed by atoms with van der Waals surface area (Å²) in [4.78, 5) is 21.7. The molecule has 144 valence electrons. The Labute approximate surface area is 157 Å². The summed E-state index contributed by atoms with van der Waals surface area (Å²) >= 11 is 0. The van der Waals surface area contributed by atoms with E-state index in [-0.39, 0.29) is 17.3 Å². The van der Waals surface area contributed by atoms with E-state index >= 15 is 0 Å². The predicted octanol–water partition coefficient (Wildman–Crippen LogP) is 3.03. The van der Waals surface area contributed by atoms with Crippen LogP contribution < -0.4 is 15.4 Å². The van der Waals surface area contributed by atoms with E-state index in [1.807, 2.05) is 0 Å². The Morgan fingerprint density at radius 1 is 1.22 bits per heavy atom. The lowest BCUT2D eigenvalue weighted by Gasteiger charge is -2.26. The van der Waals surface area contributed by atoms with Crippen molar-refractivity contribution in [3.63, 3.8) is 0 Å². The summed E-state index contributed by atoms with van der Waals surface area (Å²) in [6, 6.07) is 7.13. The van der Waals surface area contributed by atoms with E-state index in [4.69, 9.17) is 4.74 Å². The number of rotatable bonds is 8. The van der Waals surface area contributed by atoms with Gasteiger partial charge in [0.2, 0.25) is 11.6 Å². The average Bonchev–Trinajstić information content (AvgIpc) is 2.69. The number of methoxy groups -OCH3 is 1. The van der Waals surface area contributed by atoms with Gasteiger partial charge in [-0.25, -0.2) is 9.97 Å². The van der Waals surface area contributed by atoms with Crippen molar-refractivity contribution in [3.8, 4) is 5.75 Å². The number of anilines is 3. The van der Waals surface area contributed by atoms with E-state index in [0.29, 0.717) is 18.0 Å². The van der Waals surface area contributed by atoms with Crippen LogP contribution >= 0.6 is 0 Å². The van der Waals surface area contributed by atoms with Crippen LogP contribution in [0.25, 0.3) is 0 Å². The number of nitrogens with zero attached hydrogens (tertiary/aromatic N) is 4. The fraction of sp³-hybridized carbons (Fsp3) is 0.444. The third kappa shape index (κ3) is 5.04. The molecule has 1 aromatic carbocycles. The van der Waals surface area contributed by atoms with Gasteiger partial charge < -0.3 is 20.3 Å². The highest BCUT2D eigenvalue weighted by atomic mass is 16.6. The molecule has 3 rings (SSSR count). The van der Waals surface area contributed by atoms with E-state index in [0.717, 1.165) is 19.6 Å². The molecule has 0 atom stereocenters. The van der Waals surface area contributed by atoms with Crippen LogP contribution in [0.4, 0.5) is 23.0 Å². The molecule has 9 nitrogen and oxygen atoms in total. The molecular formula is C18H24N6O3. The van der Waals surface area contributed by atoms with Crippen LogP contribution in [0.1, 0.15) is 19.3 Å². The van der Waals surface area contributed by atoms with E-state index in [1.165, 1.54) is 25.6 Å². The lowest BCUT2D eigenvalue weighted by Crippen LogP contribution is -2.33. The largest absolute Gasteiger partial charge is 0.497 e.